The van der Waals surface area contributed by atoms with Gasteiger partial charge in [-0.25, -0.2) is 4.98 Å². The summed E-state index contributed by atoms with van der Waals surface area (Å²) in [4.78, 5) is 7.12. The van der Waals surface area contributed by atoms with Crippen LogP contribution in [0.25, 0.3) is 10.2 Å². The van der Waals surface area contributed by atoms with Gasteiger partial charge in [0.25, 0.3) is 0 Å². The SMILES string of the molecule is C[N+]1(Cc2ccccc2)CCN(c2nc3ccc(O)cc3s2)CC1.[Br-]. The van der Waals surface area contributed by atoms with Gasteiger partial charge in [0.1, 0.15) is 12.3 Å². The van der Waals surface area contributed by atoms with Gasteiger partial charge in [0.05, 0.1) is 43.4 Å². The molecule has 0 unspecified atom stereocenters. The maximum absolute atomic E-state index is 9.62. The van der Waals surface area contributed by atoms with E-state index in [1.165, 1.54) is 5.56 Å². The maximum atomic E-state index is 9.62. The van der Waals surface area contributed by atoms with Crippen molar-refractivity contribution in [2.75, 3.05) is 38.1 Å². The third kappa shape index (κ3) is 3.97. The van der Waals surface area contributed by atoms with Gasteiger partial charge in [-0.3, -0.25) is 0 Å². The molecule has 0 spiro atoms. The lowest BCUT2D eigenvalue weighted by atomic mass is 10.1. The normalized spacial score (nSPS) is 16.6. The molecule has 6 heteroatoms. The highest BCUT2D eigenvalue weighted by Gasteiger charge is 2.30. The highest BCUT2D eigenvalue weighted by atomic mass is 79.9. The standard InChI is InChI=1S/C19H21N3OS.BrH/c1-22(14-15-5-3-2-4-6-15)11-9-21(10-12-22)19-20-17-8-7-16(23)13-18(17)24-19;/h2-8,13H,9-12,14H2,1H3;1H. The second kappa shape index (κ2) is 7.32. The number of halogens is 1. The summed E-state index contributed by atoms with van der Waals surface area (Å²) in [6.45, 7) is 5.37. The Labute approximate surface area is 162 Å². The molecule has 0 amide bonds. The highest BCUT2D eigenvalue weighted by molar-refractivity contribution is 7.22. The summed E-state index contributed by atoms with van der Waals surface area (Å²) in [6, 6.07) is 16.1. The Balaban J connectivity index is 0.00000182. The quantitative estimate of drug-likeness (QED) is 0.627. The summed E-state index contributed by atoms with van der Waals surface area (Å²) >= 11 is 1.67. The number of aromatic nitrogens is 1. The Bertz CT molecular complexity index is 844. The summed E-state index contributed by atoms with van der Waals surface area (Å²) in [5, 5.41) is 10.7. The minimum atomic E-state index is 0. The molecule has 0 saturated carbocycles. The molecule has 4 rings (SSSR count). The number of likely N-dealkylation sites (N-methyl/N-ethyl adjacent to an activating group) is 1. The Kier molecular flexibility index (Phi) is 5.32. The van der Waals surface area contributed by atoms with Gasteiger partial charge in [0.15, 0.2) is 5.13 Å². The van der Waals surface area contributed by atoms with Crippen LogP contribution in [0.4, 0.5) is 5.13 Å². The van der Waals surface area contributed by atoms with Gasteiger partial charge >= 0.3 is 0 Å². The number of thiazole rings is 1. The molecule has 2 aromatic carbocycles. The minimum absolute atomic E-state index is 0. The summed E-state index contributed by atoms with van der Waals surface area (Å²) in [6.07, 6.45) is 0. The Hall–Kier alpha value is -1.63. The van der Waals surface area contributed by atoms with Crippen LogP contribution in [0.15, 0.2) is 48.5 Å². The lowest BCUT2D eigenvalue weighted by molar-refractivity contribution is -0.923. The molecule has 1 N–H and O–H groups in total. The van der Waals surface area contributed by atoms with Gasteiger partial charge in [-0.1, -0.05) is 41.7 Å². The fraction of sp³-hybridized carbons (Fsp3) is 0.316. The van der Waals surface area contributed by atoms with E-state index < -0.39 is 0 Å². The first kappa shape index (κ1) is 18.2. The first-order valence-electron chi connectivity index (χ1n) is 8.33. The zero-order valence-electron chi connectivity index (χ0n) is 14.2. The molecule has 132 valence electrons. The molecule has 25 heavy (non-hydrogen) atoms. The second-order valence-corrected chi connectivity index (χ2v) is 7.86. The smallest absolute Gasteiger partial charge is 0.186 e. The molecule has 0 atom stereocenters. The molecule has 1 aliphatic rings. The molecule has 0 aliphatic carbocycles. The van der Waals surface area contributed by atoms with Crippen LogP contribution in [0.2, 0.25) is 0 Å². The summed E-state index contributed by atoms with van der Waals surface area (Å²) in [5.41, 5.74) is 2.38. The largest absolute Gasteiger partial charge is 1.00 e. The van der Waals surface area contributed by atoms with Gasteiger partial charge < -0.3 is 31.5 Å². The number of phenols is 1. The number of anilines is 1. The van der Waals surface area contributed by atoms with Crippen molar-refractivity contribution in [3.05, 3.63) is 54.1 Å². The van der Waals surface area contributed by atoms with Crippen molar-refractivity contribution in [2.24, 2.45) is 0 Å². The molecule has 2 heterocycles. The van der Waals surface area contributed by atoms with Crippen molar-refractivity contribution in [1.82, 2.24) is 4.98 Å². The van der Waals surface area contributed by atoms with Crippen LogP contribution >= 0.6 is 11.3 Å². The van der Waals surface area contributed by atoms with Crippen LogP contribution in [-0.4, -0.2) is 47.8 Å². The first-order chi connectivity index (χ1) is 11.6. The number of aromatic hydroxyl groups is 1. The molecule has 4 nitrogen and oxygen atoms in total. The lowest BCUT2D eigenvalue weighted by Gasteiger charge is -2.42. The minimum Gasteiger partial charge on any atom is -1.00 e. The fourth-order valence-corrected chi connectivity index (χ4v) is 4.41. The molecular formula is C19H22BrN3OS. The van der Waals surface area contributed by atoms with Crippen LogP contribution in [-0.2, 0) is 6.54 Å². The van der Waals surface area contributed by atoms with Crippen LogP contribution in [0, 0.1) is 0 Å². The van der Waals surface area contributed by atoms with E-state index in [1.807, 2.05) is 6.07 Å². The molecule has 0 radical (unpaired) electrons. The molecule has 1 aromatic heterocycles. The topological polar surface area (TPSA) is 36.4 Å². The van der Waals surface area contributed by atoms with Gasteiger partial charge in [-0.2, -0.15) is 0 Å². The summed E-state index contributed by atoms with van der Waals surface area (Å²) < 4.78 is 2.13. The predicted molar refractivity (Wildman–Crippen MR) is 99.6 cm³/mol. The van der Waals surface area contributed by atoms with Gasteiger partial charge in [-0.15, -0.1) is 0 Å². The van der Waals surface area contributed by atoms with Crippen molar-refractivity contribution in [1.29, 1.82) is 0 Å². The maximum Gasteiger partial charge on any atom is 0.186 e. The van der Waals surface area contributed by atoms with Crippen LogP contribution < -0.4 is 21.9 Å². The number of phenolic OH excluding ortho intramolecular Hbond substituents is 1. The van der Waals surface area contributed by atoms with Crippen LogP contribution in [0.5, 0.6) is 5.75 Å². The number of hydrogen-bond donors (Lipinski definition) is 1. The third-order valence-corrected chi connectivity index (χ3v) is 5.94. The zero-order chi connectivity index (χ0) is 16.6. The van der Waals surface area contributed by atoms with E-state index >= 15 is 0 Å². The number of quaternary nitrogens is 1. The Morgan fingerprint density at radius 1 is 1.12 bits per heavy atom. The third-order valence-electron chi connectivity index (χ3n) is 4.86. The number of fused-ring (bicyclic) bond motifs is 1. The number of nitrogens with zero attached hydrogens (tertiary/aromatic N) is 3. The van der Waals surface area contributed by atoms with Crippen LogP contribution in [0.1, 0.15) is 5.56 Å². The average molecular weight is 420 g/mol. The Morgan fingerprint density at radius 2 is 1.84 bits per heavy atom. The van der Waals surface area contributed by atoms with E-state index in [0.29, 0.717) is 5.75 Å². The molecule has 1 saturated heterocycles. The Morgan fingerprint density at radius 3 is 2.56 bits per heavy atom. The van der Waals surface area contributed by atoms with E-state index in [9.17, 15) is 5.11 Å². The highest BCUT2D eigenvalue weighted by Crippen LogP contribution is 2.32. The predicted octanol–water partition coefficient (Wildman–Crippen LogP) is 0.473. The molecule has 1 fully saturated rings. The van der Waals surface area contributed by atoms with Crippen molar-refractivity contribution in [3.8, 4) is 5.75 Å². The average Bonchev–Trinajstić information content (AvgIpc) is 2.99. The van der Waals surface area contributed by atoms with E-state index in [0.717, 1.165) is 52.6 Å². The number of piperazine rings is 1. The van der Waals surface area contributed by atoms with Crippen molar-refractivity contribution in [3.63, 3.8) is 0 Å². The molecule has 1 aliphatic heterocycles. The van der Waals surface area contributed by atoms with Crippen molar-refractivity contribution in [2.45, 2.75) is 6.54 Å². The van der Waals surface area contributed by atoms with Crippen molar-refractivity contribution < 1.29 is 26.6 Å². The van der Waals surface area contributed by atoms with E-state index in [2.05, 4.69) is 42.3 Å². The van der Waals surface area contributed by atoms with Crippen LogP contribution in [0.3, 0.4) is 0 Å². The fourth-order valence-electron chi connectivity index (χ4n) is 3.36. The monoisotopic (exact) mass is 419 g/mol. The van der Waals surface area contributed by atoms with Gasteiger partial charge in [0, 0.05) is 5.56 Å². The lowest BCUT2D eigenvalue weighted by Crippen LogP contribution is -3.00. The zero-order valence-corrected chi connectivity index (χ0v) is 16.6. The van der Waals surface area contributed by atoms with E-state index in [-0.39, 0.29) is 17.0 Å². The summed E-state index contributed by atoms with van der Waals surface area (Å²) in [7, 11) is 2.35. The van der Waals surface area contributed by atoms with Gasteiger partial charge in [0.2, 0.25) is 0 Å². The van der Waals surface area contributed by atoms with E-state index in [4.69, 9.17) is 4.98 Å². The number of rotatable bonds is 3. The molecule has 0 bridgehead atoms. The van der Waals surface area contributed by atoms with Gasteiger partial charge in [-0.05, 0) is 18.2 Å². The molecular weight excluding hydrogens is 398 g/mol. The molecule has 3 aromatic rings. The van der Waals surface area contributed by atoms with E-state index in [1.54, 1.807) is 23.5 Å². The number of hydrogen-bond acceptors (Lipinski definition) is 4. The number of benzene rings is 2. The van der Waals surface area contributed by atoms with Crippen molar-refractivity contribution >= 4 is 26.7 Å². The second-order valence-electron chi connectivity index (χ2n) is 6.85. The summed E-state index contributed by atoms with van der Waals surface area (Å²) in [5.74, 6) is 0.309. The first-order valence-corrected chi connectivity index (χ1v) is 9.15.